The summed E-state index contributed by atoms with van der Waals surface area (Å²) < 4.78 is 1.41. The maximum Gasteiger partial charge on any atom is 0.282 e. The van der Waals surface area contributed by atoms with E-state index in [-0.39, 0.29) is 17.2 Å². The molecule has 0 saturated heterocycles. The van der Waals surface area contributed by atoms with Gasteiger partial charge in [0, 0.05) is 22.2 Å². The van der Waals surface area contributed by atoms with Gasteiger partial charge in [0.1, 0.15) is 5.69 Å². The fourth-order valence-corrected chi connectivity index (χ4v) is 2.79. The van der Waals surface area contributed by atoms with E-state index in [9.17, 15) is 9.59 Å². The molecule has 106 valence electrons. The normalized spacial score (nSPS) is 10.8. The van der Waals surface area contributed by atoms with Crippen LogP contribution in [0.2, 0.25) is 5.02 Å². The first kappa shape index (κ1) is 13.8. The number of fused-ring (bicyclic) bond motifs is 1. The molecule has 2 aromatic heterocycles. The van der Waals surface area contributed by atoms with Gasteiger partial charge in [-0.2, -0.15) is 0 Å². The highest BCUT2D eigenvalue weighted by molar-refractivity contribution is 7.15. The van der Waals surface area contributed by atoms with Gasteiger partial charge >= 0.3 is 0 Å². The molecule has 0 atom stereocenters. The second-order valence-corrected chi connectivity index (χ2v) is 5.70. The van der Waals surface area contributed by atoms with Crippen molar-refractivity contribution >= 4 is 39.5 Å². The van der Waals surface area contributed by atoms with E-state index in [2.05, 4.69) is 10.3 Å². The number of aryl methyl sites for hydroxylation is 1. The molecular formula is C14H10ClN3O2S. The number of halogens is 1. The fraction of sp³-hybridized carbons (Fsp3) is 0.0714. The van der Waals surface area contributed by atoms with E-state index in [0.717, 1.165) is 0 Å². The average molecular weight is 320 g/mol. The number of benzene rings is 1. The van der Waals surface area contributed by atoms with Crippen molar-refractivity contribution in [3.63, 3.8) is 0 Å². The summed E-state index contributed by atoms with van der Waals surface area (Å²) in [5, 5.41) is 4.94. The first-order chi connectivity index (χ1) is 10.1. The van der Waals surface area contributed by atoms with E-state index in [1.165, 1.54) is 15.7 Å². The molecule has 0 aliphatic carbocycles. The number of hydrogen-bond donors (Lipinski definition) is 1. The van der Waals surface area contributed by atoms with Gasteiger partial charge in [0.15, 0.2) is 4.96 Å². The molecule has 0 aliphatic rings. The van der Waals surface area contributed by atoms with Gasteiger partial charge < -0.3 is 5.32 Å². The Balaban J connectivity index is 1.99. The number of thiazole rings is 1. The van der Waals surface area contributed by atoms with Crippen LogP contribution in [0, 0.1) is 6.92 Å². The quantitative estimate of drug-likeness (QED) is 0.790. The smallest absolute Gasteiger partial charge is 0.282 e. The Morgan fingerprint density at radius 3 is 2.76 bits per heavy atom. The molecule has 5 nitrogen and oxygen atoms in total. The number of nitrogens with zero attached hydrogens (tertiary/aromatic N) is 2. The Morgan fingerprint density at radius 2 is 2.05 bits per heavy atom. The van der Waals surface area contributed by atoms with Gasteiger partial charge in [-0.1, -0.05) is 11.6 Å². The number of amides is 1. The van der Waals surface area contributed by atoms with Gasteiger partial charge in [-0.05, 0) is 31.2 Å². The molecule has 1 aromatic carbocycles. The third-order valence-electron chi connectivity index (χ3n) is 2.99. The summed E-state index contributed by atoms with van der Waals surface area (Å²) in [6.45, 7) is 1.69. The number of nitrogens with one attached hydrogen (secondary N) is 1. The number of rotatable bonds is 2. The van der Waals surface area contributed by atoms with Gasteiger partial charge in [0.2, 0.25) is 0 Å². The third kappa shape index (κ3) is 2.55. The molecular weight excluding hydrogens is 310 g/mol. The Kier molecular flexibility index (Phi) is 3.48. The molecule has 1 N–H and O–H groups in total. The van der Waals surface area contributed by atoms with Crippen molar-refractivity contribution in [2.45, 2.75) is 6.92 Å². The van der Waals surface area contributed by atoms with E-state index in [0.29, 0.717) is 21.2 Å². The zero-order valence-electron chi connectivity index (χ0n) is 11.0. The van der Waals surface area contributed by atoms with Crippen LogP contribution in [0.5, 0.6) is 0 Å². The summed E-state index contributed by atoms with van der Waals surface area (Å²) in [5.41, 5.74) is 0.810. The predicted molar refractivity (Wildman–Crippen MR) is 83.5 cm³/mol. The first-order valence-electron chi connectivity index (χ1n) is 6.09. The van der Waals surface area contributed by atoms with Crippen LogP contribution in [-0.2, 0) is 0 Å². The molecule has 0 aliphatic heterocycles. The molecule has 7 heteroatoms. The monoisotopic (exact) mass is 319 g/mol. The van der Waals surface area contributed by atoms with Gasteiger partial charge in [-0.15, -0.1) is 11.3 Å². The first-order valence-corrected chi connectivity index (χ1v) is 7.35. The number of anilines is 1. The number of carbonyl (C=O) groups excluding carboxylic acids is 1. The summed E-state index contributed by atoms with van der Waals surface area (Å²) in [6, 6.07) is 6.44. The summed E-state index contributed by atoms with van der Waals surface area (Å²) in [4.78, 5) is 29.4. The minimum atomic E-state index is -0.371. The topological polar surface area (TPSA) is 63.5 Å². The van der Waals surface area contributed by atoms with Gasteiger partial charge in [-0.3, -0.25) is 14.0 Å². The van der Waals surface area contributed by atoms with Crippen molar-refractivity contribution < 1.29 is 4.79 Å². The third-order valence-corrected chi connectivity index (χ3v) is 4.00. The standard InChI is InChI=1S/C14H10ClN3O2S/c1-8-11(13(20)18-6-7-21-14(18)16-8)17-12(19)9-2-4-10(15)5-3-9/h2-7H,1H3,(H,17,19). The lowest BCUT2D eigenvalue weighted by Crippen LogP contribution is -2.24. The van der Waals surface area contributed by atoms with Crippen molar-refractivity contribution in [1.82, 2.24) is 9.38 Å². The Hall–Kier alpha value is -2.18. The van der Waals surface area contributed by atoms with Crippen LogP contribution in [-0.4, -0.2) is 15.3 Å². The van der Waals surface area contributed by atoms with Gasteiger partial charge in [0.25, 0.3) is 11.5 Å². The lowest BCUT2D eigenvalue weighted by atomic mass is 10.2. The van der Waals surface area contributed by atoms with Crippen molar-refractivity contribution in [3.8, 4) is 0 Å². The lowest BCUT2D eigenvalue weighted by molar-refractivity contribution is 0.102. The number of hydrogen-bond acceptors (Lipinski definition) is 4. The zero-order chi connectivity index (χ0) is 15.0. The largest absolute Gasteiger partial charge is 0.316 e. The van der Waals surface area contributed by atoms with E-state index < -0.39 is 0 Å². The molecule has 3 rings (SSSR count). The minimum absolute atomic E-state index is 0.186. The molecule has 1 amide bonds. The number of aromatic nitrogens is 2. The Bertz CT molecular complexity index is 883. The van der Waals surface area contributed by atoms with Crippen LogP contribution in [0.1, 0.15) is 16.1 Å². The number of carbonyl (C=O) groups is 1. The molecule has 3 aromatic rings. The van der Waals surface area contributed by atoms with E-state index in [1.54, 1.807) is 42.8 Å². The van der Waals surface area contributed by atoms with Gasteiger partial charge in [0.05, 0.1) is 5.69 Å². The van der Waals surface area contributed by atoms with Crippen LogP contribution < -0.4 is 10.9 Å². The summed E-state index contributed by atoms with van der Waals surface area (Å²) >= 11 is 7.15. The molecule has 0 radical (unpaired) electrons. The van der Waals surface area contributed by atoms with Crippen molar-refractivity contribution in [3.05, 3.63) is 62.5 Å². The van der Waals surface area contributed by atoms with Crippen LogP contribution in [0.3, 0.4) is 0 Å². The molecule has 0 saturated carbocycles. The SMILES string of the molecule is Cc1nc2sccn2c(=O)c1NC(=O)c1ccc(Cl)cc1. The molecule has 21 heavy (non-hydrogen) atoms. The van der Waals surface area contributed by atoms with Crippen LogP contribution >= 0.6 is 22.9 Å². The maximum atomic E-state index is 12.3. The predicted octanol–water partition coefficient (Wildman–Crippen LogP) is 2.97. The van der Waals surface area contributed by atoms with E-state index in [1.807, 2.05) is 0 Å². The average Bonchev–Trinajstić information content (AvgIpc) is 2.92. The maximum absolute atomic E-state index is 12.3. The second-order valence-electron chi connectivity index (χ2n) is 4.39. The molecule has 0 bridgehead atoms. The molecule has 2 heterocycles. The second kappa shape index (κ2) is 5.31. The highest BCUT2D eigenvalue weighted by Gasteiger charge is 2.14. The Morgan fingerprint density at radius 1 is 1.33 bits per heavy atom. The van der Waals surface area contributed by atoms with Crippen molar-refractivity contribution in [2.75, 3.05) is 5.32 Å². The van der Waals surface area contributed by atoms with Crippen LogP contribution in [0.25, 0.3) is 4.96 Å². The van der Waals surface area contributed by atoms with E-state index >= 15 is 0 Å². The van der Waals surface area contributed by atoms with Crippen molar-refractivity contribution in [1.29, 1.82) is 0 Å². The summed E-state index contributed by atoms with van der Waals surface area (Å²) in [7, 11) is 0. The molecule has 0 spiro atoms. The molecule has 0 unspecified atom stereocenters. The highest BCUT2D eigenvalue weighted by atomic mass is 35.5. The Labute approximate surface area is 128 Å². The highest BCUT2D eigenvalue weighted by Crippen LogP contribution is 2.15. The fourth-order valence-electron chi connectivity index (χ4n) is 1.91. The van der Waals surface area contributed by atoms with Crippen molar-refractivity contribution in [2.24, 2.45) is 0 Å². The van der Waals surface area contributed by atoms with Crippen LogP contribution in [0.15, 0.2) is 40.6 Å². The minimum Gasteiger partial charge on any atom is -0.316 e. The zero-order valence-corrected chi connectivity index (χ0v) is 12.5. The summed E-state index contributed by atoms with van der Waals surface area (Å²) in [6.07, 6.45) is 1.63. The summed E-state index contributed by atoms with van der Waals surface area (Å²) in [5.74, 6) is -0.371. The van der Waals surface area contributed by atoms with Crippen LogP contribution in [0.4, 0.5) is 5.69 Å². The lowest BCUT2D eigenvalue weighted by Gasteiger charge is -2.07. The molecule has 0 fully saturated rings. The van der Waals surface area contributed by atoms with E-state index in [4.69, 9.17) is 11.6 Å². The van der Waals surface area contributed by atoms with Gasteiger partial charge in [-0.25, -0.2) is 4.98 Å².